The Morgan fingerprint density at radius 3 is 2.14 bits per heavy atom. The third-order valence-electron chi connectivity index (χ3n) is 6.41. The summed E-state index contributed by atoms with van der Waals surface area (Å²) in [6.45, 7) is 3.10. The topological polar surface area (TPSA) is 41.9 Å². The van der Waals surface area contributed by atoms with Crippen molar-refractivity contribution in [3.05, 3.63) is 68.7 Å². The van der Waals surface area contributed by atoms with Gasteiger partial charge in [-0.25, -0.2) is 4.39 Å². The van der Waals surface area contributed by atoms with Gasteiger partial charge in [0.2, 0.25) is 5.91 Å². The third-order valence-corrected chi connectivity index (χ3v) is 7.21. The van der Waals surface area contributed by atoms with Gasteiger partial charge in [-0.2, -0.15) is 26.3 Å². The Balaban J connectivity index is 1.60. The summed E-state index contributed by atoms with van der Waals surface area (Å²) >= 11 is 11.3. The van der Waals surface area contributed by atoms with Crippen molar-refractivity contribution in [3.8, 4) is 0 Å². The van der Waals surface area contributed by atoms with Gasteiger partial charge in [0.15, 0.2) is 5.67 Å². The van der Waals surface area contributed by atoms with E-state index in [0.717, 1.165) is 0 Å². The molecule has 0 spiro atoms. The molecule has 0 bridgehead atoms. The molecule has 0 saturated carbocycles. The molecule has 4 nitrogen and oxygen atoms in total. The van der Waals surface area contributed by atoms with Crippen molar-refractivity contribution >= 4 is 34.8 Å². The summed E-state index contributed by atoms with van der Waals surface area (Å²) in [5.74, 6) is -0.481. The molecule has 0 N–H and O–H groups in total. The number of amides is 1. The number of alkyl halides is 7. The smallest absolute Gasteiger partial charge is 0.374 e. The lowest BCUT2D eigenvalue weighted by molar-refractivity contribution is -0.276. The molecule has 0 radical (unpaired) electrons. The molecule has 2 aromatic carbocycles. The summed E-state index contributed by atoms with van der Waals surface area (Å²) in [5, 5.41) is 1.86. The first-order valence-corrected chi connectivity index (χ1v) is 11.7. The van der Waals surface area contributed by atoms with Gasteiger partial charge in [-0.1, -0.05) is 66.5 Å². The molecular formula is C24H19Cl2F7N2O2. The Morgan fingerprint density at radius 1 is 1.03 bits per heavy atom. The minimum absolute atomic E-state index is 0.149. The van der Waals surface area contributed by atoms with Gasteiger partial charge in [0.05, 0.1) is 34.4 Å². The molecule has 1 saturated heterocycles. The summed E-state index contributed by atoms with van der Waals surface area (Å²) in [6, 6.07) is 6.33. The van der Waals surface area contributed by atoms with Crippen molar-refractivity contribution in [2.45, 2.75) is 43.9 Å². The van der Waals surface area contributed by atoms with Crippen LogP contribution in [-0.2, 0) is 27.1 Å². The standard InChI is InChI=1S/C24H19Cl2F7N2O2/c1-12(2)20(36)35-10-21(27,11-35)14-5-3-13(4-6-14)18-9-22(37-34-18,24(31,32)33)15-7-16(23(28,29)30)19(26)17(25)8-15/h3-8,12H,9-11H2,1-2H3. The predicted octanol–water partition coefficient (Wildman–Crippen LogP) is 7.26. The van der Waals surface area contributed by atoms with E-state index in [4.69, 9.17) is 28.0 Å². The van der Waals surface area contributed by atoms with Gasteiger partial charge < -0.3 is 9.74 Å². The average Bonchev–Trinajstić information content (AvgIpc) is 3.24. The number of hydrogen-bond acceptors (Lipinski definition) is 3. The van der Waals surface area contributed by atoms with Crippen molar-refractivity contribution in [2.75, 3.05) is 13.1 Å². The van der Waals surface area contributed by atoms with E-state index in [1.165, 1.54) is 29.2 Å². The number of carbonyl (C=O) groups is 1. The quantitative estimate of drug-likeness (QED) is 0.363. The highest BCUT2D eigenvalue weighted by atomic mass is 35.5. The molecule has 0 aliphatic carbocycles. The fourth-order valence-corrected chi connectivity index (χ4v) is 4.75. The third kappa shape index (κ3) is 4.76. The largest absolute Gasteiger partial charge is 0.435 e. The van der Waals surface area contributed by atoms with E-state index < -0.39 is 51.2 Å². The van der Waals surface area contributed by atoms with Crippen LogP contribution in [0.5, 0.6) is 0 Å². The van der Waals surface area contributed by atoms with E-state index in [2.05, 4.69) is 5.16 Å². The molecule has 0 aromatic heterocycles. The van der Waals surface area contributed by atoms with E-state index >= 15 is 4.39 Å². The first-order valence-electron chi connectivity index (χ1n) is 11.0. The van der Waals surface area contributed by atoms with Crippen molar-refractivity contribution in [1.82, 2.24) is 4.90 Å². The number of rotatable bonds is 4. The maximum Gasteiger partial charge on any atom is 0.435 e. The SMILES string of the molecule is CC(C)C(=O)N1CC(F)(c2ccc(C3=NOC(c4cc(Cl)c(Cl)c(C(F)(F)F)c4)(C(F)(F)F)C3)cc2)C1. The second kappa shape index (κ2) is 9.04. The molecule has 2 aliphatic heterocycles. The summed E-state index contributed by atoms with van der Waals surface area (Å²) in [4.78, 5) is 18.2. The maximum atomic E-state index is 15.2. The zero-order valence-corrected chi connectivity index (χ0v) is 20.8. The van der Waals surface area contributed by atoms with E-state index in [-0.39, 0.29) is 47.8 Å². The molecule has 2 aliphatic rings. The average molecular weight is 571 g/mol. The zero-order chi connectivity index (χ0) is 27.6. The minimum Gasteiger partial charge on any atom is -0.374 e. The number of hydrogen-bond donors (Lipinski definition) is 0. The molecule has 2 aromatic rings. The van der Waals surface area contributed by atoms with Crippen LogP contribution in [0.4, 0.5) is 30.7 Å². The molecule has 37 heavy (non-hydrogen) atoms. The van der Waals surface area contributed by atoms with Crippen LogP contribution in [0, 0.1) is 5.92 Å². The fourth-order valence-electron chi connectivity index (χ4n) is 4.31. The Bertz CT molecular complexity index is 1250. The Labute approximate surface area is 217 Å². The van der Waals surface area contributed by atoms with Gasteiger partial charge in [-0.3, -0.25) is 4.79 Å². The van der Waals surface area contributed by atoms with Gasteiger partial charge in [0.25, 0.3) is 5.60 Å². The number of oxime groups is 1. The molecule has 4 rings (SSSR count). The lowest BCUT2D eigenvalue weighted by Gasteiger charge is -2.45. The highest BCUT2D eigenvalue weighted by Crippen LogP contribution is 2.51. The molecule has 2 heterocycles. The van der Waals surface area contributed by atoms with Crippen molar-refractivity contribution in [1.29, 1.82) is 0 Å². The Morgan fingerprint density at radius 2 is 1.62 bits per heavy atom. The fraction of sp³-hybridized carbons (Fsp3) is 0.417. The molecule has 1 fully saturated rings. The van der Waals surface area contributed by atoms with E-state index in [0.29, 0.717) is 6.07 Å². The second-order valence-corrected chi connectivity index (χ2v) is 10.1. The first-order chi connectivity index (χ1) is 17.0. The lowest BCUT2D eigenvalue weighted by atomic mass is 9.84. The van der Waals surface area contributed by atoms with Crippen molar-refractivity contribution < 1.29 is 40.4 Å². The normalized spacial score (nSPS) is 21.5. The Hall–Kier alpha value is -2.53. The monoisotopic (exact) mass is 570 g/mol. The number of carbonyl (C=O) groups excluding carboxylic acids is 1. The molecular weight excluding hydrogens is 552 g/mol. The summed E-state index contributed by atoms with van der Waals surface area (Å²) in [5.41, 5.74) is -7.33. The predicted molar refractivity (Wildman–Crippen MR) is 122 cm³/mol. The number of benzene rings is 2. The summed E-state index contributed by atoms with van der Waals surface area (Å²) in [7, 11) is 0. The molecule has 13 heteroatoms. The van der Waals surface area contributed by atoms with E-state index in [1.54, 1.807) is 13.8 Å². The van der Waals surface area contributed by atoms with Crippen LogP contribution < -0.4 is 0 Å². The van der Waals surface area contributed by atoms with E-state index in [1.807, 2.05) is 0 Å². The molecule has 1 amide bonds. The number of likely N-dealkylation sites (tertiary alicyclic amines) is 1. The van der Waals surface area contributed by atoms with Crippen LogP contribution in [0.25, 0.3) is 0 Å². The molecule has 1 atom stereocenters. The highest BCUT2D eigenvalue weighted by molar-refractivity contribution is 6.42. The van der Waals surface area contributed by atoms with Gasteiger partial charge in [0.1, 0.15) is 0 Å². The van der Waals surface area contributed by atoms with Crippen LogP contribution in [-0.4, -0.2) is 35.8 Å². The lowest BCUT2D eigenvalue weighted by Crippen LogP contribution is -2.59. The molecule has 200 valence electrons. The van der Waals surface area contributed by atoms with Gasteiger partial charge in [-0.15, -0.1) is 0 Å². The second-order valence-electron chi connectivity index (χ2n) is 9.34. The maximum absolute atomic E-state index is 15.2. The molecule has 1 unspecified atom stereocenters. The van der Waals surface area contributed by atoms with Crippen molar-refractivity contribution in [3.63, 3.8) is 0 Å². The van der Waals surface area contributed by atoms with Gasteiger partial charge in [-0.05, 0) is 23.3 Å². The number of nitrogens with zero attached hydrogens (tertiary/aromatic N) is 2. The highest BCUT2D eigenvalue weighted by Gasteiger charge is 2.63. The van der Waals surface area contributed by atoms with Crippen LogP contribution in [0.2, 0.25) is 10.0 Å². The first kappa shape index (κ1) is 27.5. The Kier molecular flexibility index (Phi) is 6.72. The van der Waals surface area contributed by atoms with Gasteiger partial charge >= 0.3 is 12.4 Å². The number of halogens is 9. The zero-order valence-electron chi connectivity index (χ0n) is 19.3. The van der Waals surface area contributed by atoms with Crippen LogP contribution in [0.3, 0.4) is 0 Å². The minimum atomic E-state index is -5.18. The summed E-state index contributed by atoms with van der Waals surface area (Å²) in [6.07, 6.45) is -11.2. The van der Waals surface area contributed by atoms with Crippen molar-refractivity contribution in [2.24, 2.45) is 11.1 Å². The van der Waals surface area contributed by atoms with Crippen LogP contribution in [0.1, 0.15) is 42.5 Å². The summed E-state index contributed by atoms with van der Waals surface area (Å²) < 4.78 is 98.1. The van der Waals surface area contributed by atoms with Crippen LogP contribution >= 0.6 is 23.2 Å². The van der Waals surface area contributed by atoms with E-state index in [9.17, 15) is 31.1 Å². The van der Waals surface area contributed by atoms with Crippen LogP contribution in [0.15, 0.2) is 41.6 Å². The van der Waals surface area contributed by atoms with Gasteiger partial charge in [0, 0.05) is 17.9 Å².